The Bertz CT molecular complexity index is 692. The molecule has 1 aromatic carbocycles. The molecule has 0 aliphatic heterocycles. The number of amides is 1. The molecule has 4 heteroatoms. The van der Waals surface area contributed by atoms with E-state index in [1.165, 1.54) is 0 Å². The third kappa shape index (κ3) is 2.05. The van der Waals surface area contributed by atoms with Crippen molar-refractivity contribution in [1.82, 2.24) is 4.90 Å². The monoisotopic (exact) mass is 268 g/mol. The summed E-state index contributed by atoms with van der Waals surface area (Å²) in [7, 11) is 1.77. The molecule has 2 aromatic rings. The number of carbonyl (C=O) groups is 1. The third-order valence-corrected chi connectivity index (χ3v) is 4.00. The molecule has 1 aromatic heterocycles. The van der Waals surface area contributed by atoms with Crippen LogP contribution in [0.15, 0.2) is 34.9 Å². The molecule has 3 rings (SSSR count). The van der Waals surface area contributed by atoms with Gasteiger partial charge in [-0.3, -0.25) is 4.79 Å². The molecular formula is C16H16N2O2. The normalized spacial score (nSPS) is 15.8. The van der Waals surface area contributed by atoms with E-state index in [0.717, 1.165) is 23.0 Å². The van der Waals surface area contributed by atoms with E-state index in [2.05, 4.69) is 6.07 Å². The van der Waals surface area contributed by atoms with Crippen LogP contribution in [0.4, 0.5) is 0 Å². The van der Waals surface area contributed by atoms with Gasteiger partial charge in [-0.15, -0.1) is 0 Å². The lowest BCUT2D eigenvalue weighted by Crippen LogP contribution is -2.34. The van der Waals surface area contributed by atoms with Gasteiger partial charge in [0.05, 0.1) is 12.3 Å². The minimum Gasteiger partial charge on any atom is -0.464 e. The highest BCUT2D eigenvalue weighted by Gasteiger charge is 2.51. The second-order valence-electron chi connectivity index (χ2n) is 5.43. The van der Waals surface area contributed by atoms with Crippen LogP contribution in [0.25, 0.3) is 11.0 Å². The van der Waals surface area contributed by atoms with Crippen LogP contribution in [-0.2, 0) is 11.2 Å². The van der Waals surface area contributed by atoms with Crippen LogP contribution in [0.1, 0.15) is 18.4 Å². The molecular weight excluding hydrogens is 252 g/mol. The second kappa shape index (κ2) is 4.68. The van der Waals surface area contributed by atoms with Gasteiger partial charge in [-0.2, -0.15) is 5.26 Å². The standard InChI is InChI=1S/C16H16N2O2/c1-18(15(19)16(11-17)7-8-16)9-6-12-10-20-14-5-3-2-4-13(12)14/h2-5,10H,6-9H2,1H3. The molecule has 1 amide bonds. The van der Waals surface area contributed by atoms with Crippen molar-refractivity contribution in [2.24, 2.45) is 5.41 Å². The fourth-order valence-electron chi connectivity index (χ4n) is 2.48. The largest absolute Gasteiger partial charge is 0.464 e. The molecule has 20 heavy (non-hydrogen) atoms. The van der Waals surface area contributed by atoms with Crippen LogP contribution < -0.4 is 0 Å². The fourth-order valence-corrected chi connectivity index (χ4v) is 2.48. The van der Waals surface area contributed by atoms with Gasteiger partial charge in [0.25, 0.3) is 0 Å². The van der Waals surface area contributed by atoms with Crippen LogP contribution in [0.5, 0.6) is 0 Å². The summed E-state index contributed by atoms with van der Waals surface area (Å²) in [5.41, 5.74) is 1.24. The number of fused-ring (bicyclic) bond motifs is 1. The molecule has 0 unspecified atom stereocenters. The van der Waals surface area contributed by atoms with Gasteiger partial charge in [-0.25, -0.2) is 0 Å². The molecule has 0 radical (unpaired) electrons. The maximum Gasteiger partial charge on any atom is 0.242 e. The van der Waals surface area contributed by atoms with E-state index < -0.39 is 5.41 Å². The maximum atomic E-state index is 12.2. The number of hydrogen-bond acceptors (Lipinski definition) is 3. The number of likely N-dealkylation sites (N-methyl/N-ethyl adjacent to an activating group) is 1. The lowest BCUT2D eigenvalue weighted by Gasteiger charge is -2.19. The van der Waals surface area contributed by atoms with Gasteiger partial charge in [0.2, 0.25) is 5.91 Å². The molecule has 0 spiro atoms. The summed E-state index contributed by atoms with van der Waals surface area (Å²) in [6.45, 7) is 0.603. The number of carbonyl (C=O) groups excluding carboxylic acids is 1. The zero-order valence-corrected chi connectivity index (χ0v) is 11.4. The van der Waals surface area contributed by atoms with Crippen molar-refractivity contribution in [2.75, 3.05) is 13.6 Å². The van der Waals surface area contributed by atoms with Gasteiger partial charge in [0.1, 0.15) is 11.0 Å². The van der Waals surface area contributed by atoms with Gasteiger partial charge >= 0.3 is 0 Å². The molecule has 0 atom stereocenters. The Hall–Kier alpha value is -2.28. The summed E-state index contributed by atoms with van der Waals surface area (Å²) in [4.78, 5) is 13.8. The fraction of sp³-hybridized carbons (Fsp3) is 0.375. The number of rotatable bonds is 4. The molecule has 1 heterocycles. The lowest BCUT2D eigenvalue weighted by atomic mass is 10.1. The van der Waals surface area contributed by atoms with Crippen LogP contribution in [0.2, 0.25) is 0 Å². The van der Waals surface area contributed by atoms with Crippen molar-refractivity contribution in [3.63, 3.8) is 0 Å². The van der Waals surface area contributed by atoms with Crippen molar-refractivity contribution in [1.29, 1.82) is 5.26 Å². The van der Waals surface area contributed by atoms with Gasteiger partial charge in [-0.05, 0) is 30.9 Å². The zero-order chi connectivity index (χ0) is 14.2. The quantitative estimate of drug-likeness (QED) is 0.856. The Labute approximate surface area is 117 Å². The van der Waals surface area contributed by atoms with Crippen molar-refractivity contribution in [2.45, 2.75) is 19.3 Å². The van der Waals surface area contributed by atoms with Gasteiger partial charge in [0.15, 0.2) is 0 Å². The van der Waals surface area contributed by atoms with Crippen LogP contribution in [0, 0.1) is 16.7 Å². The Morgan fingerprint density at radius 3 is 2.90 bits per heavy atom. The Balaban J connectivity index is 1.68. The van der Waals surface area contributed by atoms with E-state index in [4.69, 9.17) is 9.68 Å². The lowest BCUT2D eigenvalue weighted by molar-refractivity contribution is -0.133. The highest BCUT2D eigenvalue weighted by atomic mass is 16.3. The van der Waals surface area contributed by atoms with Crippen molar-refractivity contribution < 1.29 is 9.21 Å². The first-order valence-electron chi connectivity index (χ1n) is 6.78. The summed E-state index contributed by atoms with van der Waals surface area (Å²) in [6.07, 6.45) is 3.88. The zero-order valence-electron chi connectivity index (χ0n) is 11.4. The van der Waals surface area contributed by atoms with Gasteiger partial charge < -0.3 is 9.32 Å². The number of benzene rings is 1. The SMILES string of the molecule is CN(CCc1coc2ccccc12)C(=O)C1(C#N)CC1. The first-order chi connectivity index (χ1) is 9.66. The Morgan fingerprint density at radius 2 is 2.20 bits per heavy atom. The van der Waals surface area contributed by atoms with Gasteiger partial charge in [0, 0.05) is 19.0 Å². The molecule has 1 saturated carbocycles. The second-order valence-corrected chi connectivity index (χ2v) is 5.43. The molecule has 0 N–H and O–H groups in total. The first-order valence-corrected chi connectivity index (χ1v) is 6.78. The average molecular weight is 268 g/mol. The summed E-state index contributed by atoms with van der Waals surface area (Å²) in [5, 5.41) is 10.1. The number of para-hydroxylation sites is 1. The predicted molar refractivity (Wildman–Crippen MR) is 74.8 cm³/mol. The minimum atomic E-state index is -0.729. The topological polar surface area (TPSA) is 57.2 Å². The summed E-state index contributed by atoms with van der Waals surface area (Å²) >= 11 is 0. The third-order valence-electron chi connectivity index (χ3n) is 4.00. The molecule has 102 valence electrons. The van der Waals surface area contributed by atoms with E-state index in [-0.39, 0.29) is 5.91 Å². The first kappa shape index (κ1) is 12.7. The minimum absolute atomic E-state index is 0.0483. The van der Waals surface area contributed by atoms with Crippen LogP contribution in [-0.4, -0.2) is 24.4 Å². The average Bonchev–Trinajstić information content (AvgIpc) is 3.18. The van der Waals surface area contributed by atoms with Crippen molar-refractivity contribution in [3.05, 3.63) is 36.1 Å². The van der Waals surface area contributed by atoms with Crippen LogP contribution in [0.3, 0.4) is 0 Å². The van der Waals surface area contributed by atoms with Crippen molar-refractivity contribution >= 4 is 16.9 Å². The molecule has 0 bridgehead atoms. The molecule has 0 saturated heterocycles. The van der Waals surface area contributed by atoms with Crippen molar-refractivity contribution in [3.8, 4) is 6.07 Å². The number of hydrogen-bond donors (Lipinski definition) is 0. The van der Waals surface area contributed by atoms with E-state index in [0.29, 0.717) is 19.4 Å². The Kier molecular flexibility index (Phi) is 2.98. The number of furan rings is 1. The number of nitrogens with zero attached hydrogens (tertiary/aromatic N) is 2. The highest BCUT2D eigenvalue weighted by molar-refractivity contribution is 5.88. The molecule has 1 aliphatic carbocycles. The van der Waals surface area contributed by atoms with Gasteiger partial charge in [-0.1, -0.05) is 18.2 Å². The number of nitriles is 1. The van der Waals surface area contributed by atoms with Crippen LogP contribution >= 0.6 is 0 Å². The summed E-state index contributed by atoms with van der Waals surface area (Å²) < 4.78 is 5.49. The smallest absolute Gasteiger partial charge is 0.242 e. The van der Waals surface area contributed by atoms with E-state index >= 15 is 0 Å². The molecule has 1 aliphatic rings. The Morgan fingerprint density at radius 1 is 1.45 bits per heavy atom. The predicted octanol–water partition coefficient (Wildman–Crippen LogP) is 2.74. The molecule has 4 nitrogen and oxygen atoms in total. The summed E-state index contributed by atoms with van der Waals surface area (Å²) in [5.74, 6) is -0.0483. The van der Waals surface area contributed by atoms with E-state index in [1.54, 1.807) is 18.2 Å². The molecule has 1 fully saturated rings. The van der Waals surface area contributed by atoms with E-state index in [1.807, 2.05) is 24.3 Å². The highest BCUT2D eigenvalue weighted by Crippen LogP contribution is 2.46. The summed E-state index contributed by atoms with van der Waals surface area (Å²) in [6, 6.07) is 10.0. The maximum absolute atomic E-state index is 12.2. The van der Waals surface area contributed by atoms with E-state index in [9.17, 15) is 4.79 Å².